The van der Waals surface area contributed by atoms with Crippen molar-refractivity contribution in [2.75, 3.05) is 6.61 Å². The second-order valence-electron chi connectivity index (χ2n) is 4.65. The first kappa shape index (κ1) is 12.2. The molecule has 4 heteroatoms. The zero-order chi connectivity index (χ0) is 12.3. The largest absolute Gasteiger partial charge is 0.504 e. The van der Waals surface area contributed by atoms with Crippen LogP contribution in [-0.4, -0.2) is 28.0 Å². The molecule has 0 aliphatic heterocycles. The number of hydrogen-bond donors (Lipinski definition) is 4. The van der Waals surface area contributed by atoms with E-state index in [0.29, 0.717) is 24.1 Å². The molecule has 0 saturated heterocycles. The molecule has 1 aliphatic carbocycles. The molecule has 0 heterocycles. The van der Waals surface area contributed by atoms with E-state index in [1.165, 1.54) is 6.07 Å². The third-order valence-corrected chi connectivity index (χ3v) is 3.55. The summed E-state index contributed by atoms with van der Waals surface area (Å²) in [5.41, 5.74) is 0.689. The Morgan fingerprint density at radius 1 is 1.24 bits per heavy atom. The predicted molar refractivity (Wildman–Crippen MR) is 64.8 cm³/mol. The van der Waals surface area contributed by atoms with E-state index in [0.717, 1.165) is 19.3 Å². The third kappa shape index (κ3) is 2.70. The van der Waals surface area contributed by atoms with Gasteiger partial charge >= 0.3 is 0 Å². The van der Waals surface area contributed by atoms with Gasteiger partial charge in [-0.3, -0.25) is 0 Å². The number of aliphatic hydroxyl groups is 1. The molecule has 0 radical (unpaired) electrons. The van der Waals surface area contributed by atoms with Gasteiger partial charge in [-0.1, -0.05) is 18.6 Å². The molecule has 2 unspecified atom stereocenters. The van der Waals surface area contributed by atoms with Crippen molar-refractivity contribution in [1.29, 1.82) is 0 Å². The van der Waals surface area contributed by atoms with Gasteiger partial charge in [-0.2, -0.15) is 0 Å². The highest BCUT2D eigenvalue weighted by Crippen LogP contribution is 2.29. The lowest BCUT2D eigenvalue weighted by molar-refractivity contribution is 0.205. The van der Waals surface area contributed by atoms with Crippen LogP contribution in [0, 0.1) is 5.92 Å². The highest BCUT2D eigenvalue weighted by Gasteiger charge is 2.26. The molecule has 1 aromatic rings. The van der Waals surface area contributed by atoms with Gasteiger partial charge in [0.05, 0.1) is 0 Å². The number of phenolic OH excluding ortho intramolecular Hbond substituents is 2. The van der Waals surface area contributed by atoms with E-state index < -0.39 is 0 Å². The molecule has 4 N–H and O–H groups in total. The summed E-state index contributed by atoms with van der Waals surface area (Å²) in [7, 11) is 0. The van der Waals surface area contributed by atoms with Crippen LogP contribution in [0.25, 0.3) is 0 Å². The Kier molecular flexibility index (Phi) is 3.86. The van der Waals surface area contributed by atoms with Gasteiger partial charge in [-0.15, -0.1) is 0 Å². The number of benzene rings is 1. The Morgan fingerprint density at radius 2 is 2.06 bits per heavy atom. The zero-order valence-electron chi connectivity index (χ0n) is 9.76. The van der Waals surface area contributed by atoms with Crippen molar-refractivity contribution in [1.82, 2.24) is 5.32 Å². The predicted octanol–water partition coefficient (Wildman–Crippen LogP) is 1.35. The van der Waals surface area contributed by atoms with Crippen LogP contribution in [0.5, 0.6) is 11.5 Å². The Bertz CT molecular complexity index is 381. The number of rotatable bonds is 4. The number of hydrogen-bond acceptors (Lipinski definition) is 4. The topological polar surface area (TPSA) is 72.7 Å². The van der Waals surface area contributed by atoms with Crippen LogP contribution >= 0.6 is 0 Å². The van der Waals surface area contributed by atoms with Crippen molar-refractivity contribution in [2.45, 2.75) is 31.8 Å². The lowest BCUT2D eigenvalue weighted by Crippen LogP contribution is -2.33. The lowest BCUT2D eigenvalue weighted by Gasteiger charge is -2.19. The minimum Gasteiger partial charge on any atom is -0.504 e. The van der Waals surface area contributed by atoms with Gasteiger partial charge < -0.3 is 20.6 Å². The van der Waals surface area contributed by atoms with Crippen molar-refractivity contribution in [3.8, 4) is 11.5 Å². The quantitative estimate of drug-likeness (QED) is 0.596. The molecule has 2 rings (SSSR count). The molecule has 2 atom stereocenters. The summed E-state index contributed by atoms with van der Waals surface area (Å²) >= 11 is 0. The van der Waals surface area contributed by atoms with Crippen LogP contribution < -0.4 is 5.32 Å². The van der Waals surface area contributed by atoms with Gasteiger partial charge in [0.2, 0.25) is 0 Å². The van der Waals surface area contributed by atoms with E-state index in [-0.39, 0.29) is 18.1 Å². The summed E-state index contributed by atoms with van der Waals surface area (Å²) in [5.74, 6) is 0.169. The maximum absolute atomic E-state index is 9.66. The van der Waals surface area contributed by atoms with E-state index in [1.54, 1.807) is 12.1 Å². The van der Waals surface area contributed by atoms with E-state index in [1.807, 2.05) is 0 Å². The van der Waals surface area contributed by atoms with Gasteiger partial charge in [-0.05, 0) is 24.8 Å². The summed E-state index contributed by atoms with van der Waals surface area (Å²) in [4.78, 5) is 0. The van der Waals surface area contributed by atoms with Gasteiger partial charge in [0.25, 0.3) is 0 Å². The Balaban J connectivity index is 1.95. The molecule has 0 spiro atoms. The van der Waals surface area contributed by atoms with Gasteiger partial charge in [0.1, 0.15) is 0 Å². The molecule has 1 aromatic carbocycles. The maximum atomic E-state index is 9.66. The summed E-state index contributed by atoms with van der Waals surface area (Å²) in [5, 5.41) is 31.6. The fourth-order valence-corrected chi connectivity index (χ4v) is 2.49. The van der Waals surface area contributed by atoms with Crippen LogP contribution in [0.1, 0.15) is 24.8 Å². The second kappa shape index (κ2) is 5.38. The SMILES string of the molecule is OCC1CCCC1NCc1cccc(O)c1O. The molecule has 0 amide bonds. The van der Waals surface area contributed by atoms with Crippen LogP contribution in [0.4, 0.5) is 0 Å². The molecule has 1 saturated carbocycles. The normalized spacial score (nSPS) is 24.1. The van der Waals surface area contributed by atoms with Crippen molar-refractivity contribution in [2.24, 2.45) is 5.92 Å². The van der Waals surface area contributed by atoms with Crippen LogP contribution in [0.3, 0.4) is 0 Å². The fourth-order valence-electron chi connectivity index (χ4n) is 2.49. The molecule has 0 bridgehead atoms. The Morgan fingerprint density at radius 3 is 2.82 bits per heavy atom. The Labute approximate surface area is 101 Å². The maximum Gasteiger partial charge on any atom is 0.161 e. The van der Waals surface area contributed by atoms with Crippen LogP contribution in [-0.2, 0) is 6.54 Å². The first-order valence-electron chi connectivity index (χ1n) is 6.06. The Hall–Kier alpha value is -1.26. The lowest BCUT2D eigenvalue weighted by atomic mass is 10.0. The molecular formula is C13H19NO3. The average molecular weight is 237 g/mol. The second-order valence-corrected chi connectivity index (χ2v) is 4.65. The fraction of sp³-hybridized carbons (Fsp3) is 0.538. The third-order valence-electron chi connectivity index (χ3n) is 3.55. The molecule has 94 valence electrons. The molecule has 0 aromatic heterocycles. The highest BCUT2D eigenvalue weighted by molar-refractivity contribution is 5.44. The van der Waals surface area contributed by atoms with Crippen molar-refractivity contribution < 1.29 is 15.3 Å². The average Bonchev–Trinajstić information content (AvgIpc) is 2.78. The minimum absolute atomic E-state index is 0.0569. The van der Waals surface area contributed by atoms with Crippen molar-refractivity contribution >= 4 is 0 Å². The number of nitrogens with one attached hydrogen (secondary N) is 1. The number of para-hydroxylation sites is 1. The first-order valence-corrected chi connectivity index (χ1v) is 6.06. The molecule has 17 heavy (non-hydrogen) atoms. The summed E-state index contributed by atoms with van der Waals surface area (Å²) < 4.78 is 0. The van der Waals surface area contributed by atoms with Gasteiger partial charge in [0, 0.05) is 24.8 Å². The monoisotopic (exact) mass is 237 g/mol. The number of phenols is 2. The van der Waals surface area contributed by atoms with E-state index in [2.05, 4.69) is 5.32 Å². The summed E-state index contributed by atoms with van der Waals surface area (Å²) in [6.07, 6.45) is 3.25. The number of aliphatic hydroxyl groups excluding tert-OH is 1. The van der Waals surface area contributed by atoms with Gasteiger partial charge in [-0.25, -0.2) is 0 Å². The molecular weight excluding hydrogens is 218 g/mol. The standard InChI is InChI=1S/C13H19NO3/c15-8-10-4-1-5-11(10)14-7-9-3-2-6-12(16)13(9)17/h2-3,6,10-11,14-17H,1,4-5,7-8H2. The number of aromatic hydroxyl groups is 2. The molecule has 4 nitrogen and oxygen atoms in total. The molecule has 1 fully saturated rings. The molecule has 1 aliphatic rings. The van der Waals surface area contributed by atoms with Crippen LogP contribution in [0.15, 0.2) is 18.2 Å². The van der Waals surface area contributed by atoms with Crippen molar-refractivity contribution in [3.63, 3.8) is 0 Å². The van der Waals surface area contributed by atoms with Crippen LogP contribution in [0.2, 0.25) is 0 Å². The zero-order valence-corrected chi connectivity index (χ0v) is 9.76. The van der Waals surface area contributed by atoms with E-state index in [9.17, 15) is 15.3 Å². The van der Waals surface area contributed by atoms with E-state index >= 15 is 0 Å². The van der Waals surface area contributed by atoms with Crippen molar-refractivity contribution in [3.05, 3.63) is 23.8 Å². The minimum atomic E-state index is -0.0885. The summed E-state index contributed by atoms with van der Waals surface area (Å²) in [6.45, 7) is 0.727. The van der Waals surface area contributed by atoms with Gasteiger partial charge in [0.15, 0.2) is 11.5 Å². The highest BCUT2D eigenvalue weighted by atomic mass is 16.3. The summed E-state index contributed by atoms with van der Waals surface area (Å²) in [6, 6.07) is 5.27. The van der Waals surface area contributed by atoms with E-state index in [4.69, 9.17) is 0 Å². The first-order chi connectivity index (χ1) is 8.22. The smallest absolute Gasteiger partial charge is 0.161 e.